The molecule has 30 heavy (non-hydrogen) atoms. The fourth-order valence-electron chi connectivity index (χ4n) is 4.63. The number of ketones is 1. The largest absolute Gasteiger partial charge is 0.325 e. The minimum absolute atomic E-state index is 0.166. The van der Waals surface area contributed by atoms with E-state index in [1.165, 1.54) is 5.56 Å². The molecule has 1 aliphatic heterocycles. The highest BCUT2D eigenvalue weighted by molar-refractivity contribution is 6.12. The van der Waals surface area contributed by atoms with Crippen LogP contribution in [-0.4, -0.2) is 29.2 Å². The van der Waals surface area contributed by atoms with Crippen LogP contribution in [0.25, 0.3) is 0 Å². The molecule has 5 heteroatoms. The van der Waals surface area contributed by atoms with Crippen molar-refractivity contribution in [3.8, 4) is 0 Å². The summed E-state index contributed by atoms with van der Waals surface area (Å²) in [6, 6.07) is 13.1. The minimum Gasteiger partial charge on any atom is -0.319 e. The maximum absolute atomic E-state index is 13.3. The molecule has 2 aromatic rings. The van der Waals surface area contributed by atoms with Crippen molar-refractivity contribution in [3.63, 3.8) is 0 Å². The molecule has 0 bridgehead atoms. The zero-order chi connectivity index (χ0) is 21.6. The monoisotopic (exact) mass is 404 g/mol. The van der Waals surface area contributed by atoms with Crippen LogP contribution in [-0.2, 0) is 16.8 Å². The summed E-state index contributed by atoms with van der Waals surface area (Å²) in [7, 11) is 0. The lowest BCUT2D eigenvalue weighted by Crippen LogP contribution is -2.42. The molecule has 5 nitrogen and oxygen atoms in total. The van der Waals surface area contributed by atoms with Gasteiger partial charge in [0.05, 0.1) is 6.54 Å². The van der Waals surface area contributed by atoms with Crippen molar-refractivity contribution in [2.45, 2.75) is 57.9 Å². The van der Waals surface area contributed by atoms with Gasteiger partial charge >= 0.3 is 6.03 Å². The van der Waals surface area contributed by atoms with Crippen molar-refractivity contribution in [2.24, 2.45) is 0 Å². The number of aryl methyl sites for hydroxylation is 1. The number of carbonyl (C=O) groups excluding carboxylic acids is 3. The third-order valence-corrected chi connectivity index (χ3v) is 6.39. The molecule has 1 fully saturated rings. The van der Waals surface area contributed by atoms with Crippen molar-refractivity contribution >= 4 is 17.7 Å². The van der Waals surface area contributed by atoms with Crippen molar-refractivity contribution < 1.29 is 14.4 Å². The Morgan fingerprint density at radius 2 is 1.80 bits per heavy atom. The van der Waals surface area contributed by atoms with E-state index in [-0.39, 0.29) is 24.2 Å². The average molecular weight is 405 g/mol. The molecule has 4 rings (SSSR count). The summed E-state index contributed by atoms with van der Waals surface area (Å²) in [5.41, 5.74) is 3.61. The van der Waals surface area contributed by atoms with Gasteiger partial charge in [0.15, 0.2) is 5.78 Å². The molecule has 2 aromatic carbocycles. The molecule has 1 aliphatic carbocycles. The van der Waals surface area contributed by atoms with Crippen LogP contribution in [0, 0.1) is 0 Å². The second-order valence-electron chi connectivity index (χ2n) is 8.96. The van der Waals surface area contributed by atoms with Gasteiger partial charge in [-0.15, -0.1) is 0 Å². The number of imide groups is 1. The number of Topliss-reactive ketones (excluding diaryl/α,β-unsaturated/α-hetero) is 1. The van der Waals surface area contributed by atoms with E-state index >= 15 is 0 Å². The molecular weight excluding hydrogens is 376 g/mol. The first-order chi connectivity index (χ1) is 14.2. The second kappa shape index (κ2) is 7.38. The molecule has 1 heterocycles. The first-order valence-electron chi connectivity index (χ1n) is 10.6. The van der Waals surface area contributed by atoms with Crippen molar-refractivity contribution in [2.75, 3.05) is 6.54 Å². The highest BCUT2D eigenvalue weighted by Gasteiger charge is 2.55. The Balaban J connectivity index is 1.62. The van der Waals surface area contributed by atoms with Crippen molar-refractivity contribution in [1.82, 2.24) is 10.2 Å². The minimum atomic E-state index is -1.03. The molecule has 1 N–H and O–H groups in total. The maximum atomic E-state index is 13.3. The lowest BCUT2D eigenvalue weighted by atomic mass is 9.89. The van der Waals surface area contributed by atoms with Crippen LogP contribution in [0.3, 0.4) is 0 Å². The predicted molar refractivity (Wildman–Crippen MR) is 116 cm³/mol. The smallest absolute Gasteiger partial charge is 0.319 e. The van der Waals surface area contributed by atoms with Crippen LogP contribution in [0.5, 0.6) is 0 Å². The summed E-state index contributed by atoms with van der Waals surface area (Å²) >= 11 is 0. The van der Waals surface area contributed by atoms with Gasteiger partial charge in [-0.1, -0.05) is 70.2 Å². The molecule has 3 amide bonds. The van der Waals surface area contributed by atoms with Crippen LogP contribution in [0.1, 0.15) is 78.6 Å². The quantitative estimate of drug-likeness (QED) is 0.589. The Morgan fingerprint density at radius 1 is 1.07 bits per heavy atom. The average Bonchev–Trinajstić information content (AvgIpc) is 3.20. The summed E-state index contributed by atoms with van der Waals surface area (Å²) in [5.74, 6) is -0.00442. The van der Waals surface area contributed by atoms with E-state index in [2.05, 4.69) is 25.2 Å². The Labute approximate surface area is 177 Å². The fourth-order valence-corrected chi connectivity index (χ4v) is 4.63. The van der Waals surface area contributed by atoms with E-state index in [0.29, 0.717) is 17.9 Å². The number of carbonyl (C=O) groups is 3. The van der Waals surface area contributed by atoms with E-state index < -0.39 is 11.6 Å². The molecule has 0 aromatic heterocycles. The molecule has 0 radical (unpaired) electrons. The van der Waals surface area contributed by atoms with Gasteiger partial charge in [-0.25, -0.2) is 4.79 Å². The number of amides is 3. The van der Waals surface area contributed by atoms with Crippen LogP contribution in [0.15, 0.2) is 42.5 Å². The van der Waals surface area contributed by atoms with Gasteiger partial charge in [0.1, 0.15) is 5.54 Å². The van der Waals surface area contributed by atoms with Crippen LogP contribution in [0.4, 0.5) is 4.79 Å². The van der Waals surface area contributed by atoms with Gasteiger partial charge in [0.2, 0.25) is 0 Å². The highest BCUT2D eigenvalue weighted by atomic mass is 16.2. The zero-order valence-corrected chi connectivity index (χ0v) is 18.0. The molecule has 1 spiro atoms. The molecule has 1 atom stereocenters. The lowest BCUT2D eigenvalue weighted by molar-refractivity contribution is -0.131. The third kappa shape index (κ3) is 3.13. The molecule has 156 valence electrons. The molecule has 2 aliphatic rings. The third-order valence-electron chi connectivity index (χ3n) is 6.39. The van der Waals surface area contributed by atoms with E-state index in [4.69, 9.17) is 0 Å². The van der Waals surface area contributed by atoms with Crippen LogP contribution in [0.2, 0.25) is 0 Å². The number of urea groups is 1. The predicted octanol–water partition coefficient (Wildman–Crippen LogP) is 4.51. The Morgan fingerprint density at radius 3 is 2.50 bits per heavy atom. The molecule has 1 saturated heterocycles. The Hall–Kier alpha value is -2.95. The number of fused-ring (bicyclic) bond motifs is 2. The second-order valence-corrected chi connectivity index (χ2v) is 8.96. The van der Waals surface area contributed by atoms with Crippen LogP contribution >= 0.6 is 0 Å². The van der Waals surface area contributed by atoms with Gasteiger partial charge in [-0.3, -0.25) is 14.5 Å². The summed E-state index contributed by atoms with van der Waals surface area (Å²) < 4.78 is 0. The number of rotatable bonds is 5. The highest BCUT2D eigenvalue weighted by Crippen LogP contribution is 2.41. The van der Waals surface area contributed by atoms with Crippen LogP contribution < -0.4 is 5.32 Å². The number of hydrogen-bond donors (Lipinski definition) is 1. The number of benzene rings is 2. The van der Waals surface area contributed by atoms with E-state index in [1.807, 2.05) is 50.2 Å². The summed E-state index contributed by atoms with van der Waals surface area (Å²) in [4.78, 5) is 40.3. The van der Waals surface area contributed by atoms with E-state index in [1.54, 1.807) is 0 Å². The fraction of sp³-hybridized carbons (Fsp3) is 0.400. The normalized spacial score (nSPS) is 20.4. The SMILES string of the molecule is CC(C)c1ccc(C(=O)CN2C(=O)NC3(CCc4ccccc43)C2=O)c(C(C)C)c1. The lowest BCUT2D eigenvalue weighted by Gasteiger charge is -2.22. The summed E-state index contributed by atoms with van der Waals surface area (Å²) in [6.45, 7) is 8.10. The van der Waals surface area contributed by atoms with Crippen molar-refractivity contribution in [1.29, 1.82) is 0 Å². The first-order valence-corrected chi connectivity index (χ1v) is 10.6. The first kappa shape index (κ1) is 20.3. The zero-order valence-electron chi connectivity index (χ0n) is 18.0. The maximum Gasteiger partial charge on any atom is 0.325 e. The number of nitrogens with one attached hydrogen (secondary N) is 1. The van der Waals surface area contributed by atoms with E-state index in [9.17, 15) is 14.4 Å². The van der Waals surface area contributed by atoms with Gasteiger partial charge in [0.25, 0.3) is 5.91 Å². The van der Waals surface area contributed by atoms with E-state index in [0.717, 1.165) is 28.0 Å². The Kier molecular flexibility index (Phi) is 5.00. The number of nitrogens with zero attached hydrogens (tertiary/aromatic N) is 1. The molecule has 1 unspecified atom stereocenters. The summed E-state index contributed by atoms with van der Waals surface area (Å²) in [5, 5.41) is 2.89. The molecule has 0 saturated carbocycles. The number of hydrogen-bond acceptors (Lipinski definition) is 3. The standard InChI is InChI=1S/C25H28N2O3/c1-15(2)18-9-10-19(20(13-18)16(3)4)22(28)14-27-23(29)25(26-24(27)30)12-11-17-7-5-6-8-21(17)25/h5-10,13,15-16H,11-12,14H2,1-4H3,(H,26,30). The molecular formula is C25H28N2O3. The van der Waals surface area contributed by atoms with Gasteiger partial charge < -0.3 is 5.32 Å². The Bertz CT molecular complexity index is 1040. The van der Waals surface area contributed by atoms with Gasteiger partial charge in [-0.2, -0.15) is 0 Å². The van der Waals surface area contributed by atoms with Gasteiger partial charge in [-0.05, 0) is 46.9 Å². The summed E-state index contributed by atoms with van der Waals surface area (Å²) in [6.07, 6.45) is 1.26. The van der Waals surface area contributed by atoms with Gasteiger partial charge in [0, 0.05) is 5.56 Å². The topological polar surface area (TPSA) is 66.5 Å². The van der Waals surface area contributed by atoms with Crippen molar-refractivity contribution in [3.05, 3.63) is 70.3 Å².